The number of Topliss-reactive ketones (excluding diaryl/α,β-unsaturated/α-hetero) is 1. The summed E-state index contributed by atoms with van der Waals surface area (Å²) in [6, 6.07) is 3.56. The lowest BCUT2D eigenvalue weighted by atomic mass is 10.0. The number of nitrogen functional groups attached to an aromatic ring is 1. The predicted octanol–water partition coefficient (Wildman–Crippen LogP) is 3.50. The van der Waals surface area contributed by atoms with Gasteiger partial charge in [0.1, 0.15) is 0 Å². The SMILES string of the molecule is CCN(CC)C(=O)/C=C(\C)c1ccc(OC)c2oc(C(C)=O)c(N)c12. The van der Waals surface area contributed by atoms with Gasteiger partial charge in [-0.25, -0.2) is 0 Å². The Kier molecular flexibility index (Phi) is 5.51. The largest absolute Gasteiger partial charge is 0.493 e. The van der Waals surface area contributed by atoms with Crippen molar-refractivity contribution in [1.82, 2.24) is 4.90 Å². The molecule has 25 heavy (non-hydrogen) atoms. The van der Waals surface area contributed by atoms with Crippen LogP contribution in [0.25, 0.3) is 16.5 Å². The van der Waals surface area contributed by atoms with Crippen LogP contribution in [0, 0.1) is 0 Å². The first-order chi connectivity index (χ1) is 11.8. The highest BCUT2D eigenvalue weighted by molar-refractivity contribution is 6.11. The van der Waals surface area contributed by atoms with Crippen molar-refractivity contribution in [3.8, 4) is 5.75 Å². The molecule has 0 fully saturated rings. The third-order valence-electron chi connectivity index (χ3n) is 4.22. The van der Waals surface area contributed by atoms with Crippen molar-refractivity contribution >= 4 is 33.9 Å². The Morgan fingerprint density at radius 2 is 1.88 bits per heavy atom. The molecule has 6 heteroatoms. The molecule has 0 radical (unpaired) electrons. The fourth-order valence-corrected chi connectivity index (χ4v) is 2.84. The summed E-state index contributed by atoms with van der Waals surface area (Å²) in [4.78, 5) is 25.9. The quantitative estimate of drug-likeness (QED) is 0.640. The zero-order valence-corrected chi connectivity index (χ0v) is 15.3. The average molecular weight is 344 g/mol. The highest BCUT2D eigenvalue weighted by Crippen LogP contribution is 2.39. The summed E-state index contributed by atoms with van der Waals surface area (Å²) in [5.41, 5.74) is 8.31. The summed E-state index contributed by atoms with van der Waals surface area (Å²) in [5.74, 6) is 0.257. The standard InChI is InChI=1S/C19H24N2O4/c1-6-21(7-2)15(23)10-11(3)13-8-9-14(24-5)19-16(13)17(20)18(25-19)12(4)22/h8-10H,6-7,20H2,1-5H3/b11-10+. The molecule has 0 atom stereocenters. The van der Waals surface area contributed by atoms with E-state index in [9.17, 15) is 9.59 Å². The van der Waals surface area contributed by atoms with Gasteiger partial charge in [0.25, 0.3) is 0 Å². The van der Waals surface area contributed by atoms with Gasteiger partial charge in [0.05, 0.1) is 18.2 Å². The van der Waals surface area contributed by atoms with E-state index < -0.39 is 0 Å². The molecule has 0 saturated carbocycles. The first-order valence-electron chi connectivity index (χ1n) is 8.23. The van der Waals surface area contributed by atoms with Crippen LogP contribution in [0.4, 0.5) is 5.69 Å². The second-order valence-electron chi connectivity index (χ2n) is 5.76. The van der Waals surface area contributed by atoms with Crippen LogP contribution in [0.5, 0.6) is 5.75 Å². The minimum atomic E-state index is -0.262. The molecule has 0 aliphatic rings. The Bertz CT molecular complexity index is 845. The number of benzene rings is 1. The molecule has 2 aromatic rings. The Balaban J connectivity index is 2.66. The molecular formula is C19H24N2O4. The van der Waals surface area contributed by atoms with Gasteiger partial charge in [-0.05, 0) is 38.0 Å². The van der Waals surface area contributed by atoms with Crippen molar-refractivity contribution in [2.75, 3.05) is 25.9 Å². The van der Waals surface area contributed by atoms with E-state index in [0.29, 0.717) is 29.8 Å². The number of hydrogen-bond donors (Lipinski definition) is 1. The number of allylic oxidation sites excluding steroid dienone is 1. The third kappa shape index (κ3) is 3.38. The lowest BCUT2D eigenvalue weighted by molar-refractivity contribution is -0.125. The number of anilines is 1. The number of likely N-dealkylation sites (N-methyl/N-ethyl adjacent to an activating group) is 1. The molecule has 1 aromatic heterocycles. The molecule has 2 rings (SSSR count). The fourth-order valence-electron chi connectivity index (χ4n) is 2.84. The van der Waals surface area contributed by atoms with Gasteiger partial charge in [-0.15, -0.1) is 0 Å². The van der Waals surface area contributed by atoms with Crippen molar-refractivity contribution in [2.45, 2.75) is 27.7 Å². The van der Waals surface area contributed by atoms with Gasteiger partial charge in [0.15, 0.2) is 22.9 Å². The lowest BCUT2D eigenvalue weighted by Crippen LogP contribution is -2.28. The second kappa shape index (κ2) is 7.42. The molecule has 2 N–H and O–H groups in total. The molecule has 0 saturated heterocycles. The number of methoxy groups -OCH3 is 1. The maximum absolute atomic E-state index is 12.4. The van der Waals surface area contributed by atoms with Crippen LogP contribution in [0.15, 0.2) is 22.6 Å². The van der Waals surface area contributed by atoms with Crippen molar-refractivity contribution in [1.29, 1.82) is 0 Å². The summed E-state index contributed by atoms with van der Waals surface area (Å²) in [7, 11) is 1.52. The summed E-state index contributed by atoms with van der Waals surface area (Å²) < 4.78 is 11.0. The molecule has 0 aliphatic carbocycles. The molecule has 134 valence electrons. The average Bonchev–Trinajstić information content (AvgIpc) is 2.93. The van der Waals surface area contributed by atoms with E-state index in [-0.39, 0.29) is 23.1 Å². The molecule has 0 spiro atoms. The molecule has 1 heterocycles. The summed E-state index contributed by atoms with van der Waals surface area (Å²) >= 11 is 0. The number of amides is 1. The highest BCUT2D eigenvalue weighted by Gasteiger charge is 2.22. The van der Waals surface area contributed by atoms with Crippen LogP contribution in [0.1, 0.15) is 43.8 Å². The Hall–Kier alpha value is -2.76. The topological polar surface area (TPSA) is 85.8 Å². The number of nitrogens with two attached hydrogens (primary N) is 1. The molecular weight excluding hydrogens is 320 g/mol. The van der Waals surface area contributed by atoms with E-state index >= 15 is 0 Å². The van der Waals surface area contributed by atoms with Crippen LogP contribution in [-0.2, 0) is 4.79 Å². The molecule has 0 aliphatic heterocycles. The van der Waals surface area contributed by atoms with Crippen molar-refractivity contribution in [3.05, 3.63) is 29.5 Å². The van der Waals surface area contributed by atoms with Crippen molar-refractivity contribution in [3.63, 3.8) is 0 Å². The normalized spacial score (nSPS) is 11.6. The number of fused-ring (bicyclic) bond motifs is 1. The first kappa shape index (κ1) is 18.6. The molecule has 0 unspecified atom stereocenters. The van der Waals surface area contributed by atoms with E-state index in [1.165, 1.54) is 14.0 Å². The zero-order chi connectivity index (χ0) is 18.7. The second-order valence-corrected chi connectivity index (χ2v) is 5.76. The van der Waals surface area contributed by atoms with Crippen molar-refractivity contribution < 1.29 is 18.7 Å². The molecule has 1 amide bonds. The van der Waals surface area contributed by atoms with Crippen molar-refractivity contribution in [2.24, 2.45) is 0 Å². The fraction of sp³-hybridized carbons (Fsp3) is 0.368. The maximum atomic E-state index is 12.4. The van der Waals surface area contributed by atoms with Crippen LogP contribution in [0.2, 0.25) is 0 Å². The predicted molar refractivity (Wildman–Crippen MR) is 98.8 cm³/mol. The molecule has 0 bridgehead atoms. The number of furan rings is 1. The number of nitrogens with zero attached hydrogens (tertiary/aromatic N) is 1. The minimum Gasteiger partial charge on any atom is -0.493 e. The van der Waals surface area contributed by atoms with Gasteiger partial charge in [0, 0.05) is 26.1 Å². The number of carbonyl (C=O) groups is 2. The number of carbonyl (C=O) groups excluding carboxylic acids is 2. The van der Waals surface area contributed by atoms with Crippen LogP contribution < -0.4 is 10.5 Å². The summed E-state index contributed by atoms with van der Waals surface area (Å²) in [5, 5.41) is 0.589. The van der Waals surface area contributed by atoms with E-state index in [0.717, 1.165) is 11.1 Å². The monoisotopic (exact) mass is 344 g/mol. The molecule has 6 nitrogen and oxygen atoms in total. The van der Waals surface area contributed by atoms with Crippen LogP contribution in [-0.4, -0.2) is 36.8 Å². The number of hydrogen-bond acceptors (Lipinski definition) is 5. The van der Waals surface area contributed by atoms with Gasteiger partial charge in [0.2, 0.25) is 5.91 Å². The summed E-state index contributed by atoms with van der Waals surface area (Å²) in [6.45, 7) is 8.38. The minimum absolute atomic E-state index is 0.0691. The summed E-state index contributed by atoms with van der Waals surface area (Å²) in [6.07, 6.45) is 1.58. The Morgan fingerprint density at radius 3 is 2.40 bits per heavy atom. The Labute approximate surface area is 147 Å². The van der Waals surface area contributed by atoms with E-state index in [2.05, 4.69) is 0 Å². The van der Waals surface area contributed by atoms with Gasteiger partial charge < -0.3 is 19.8 Å². The third-order valence-corrected chi connectivity index (χ3v) is 4.22. The zero-order valence-electron chi connectivity index (χ0n) is 15.3. The van der Waals surface area contributed by atoms with Gasteiger partial charge >= 0.3 is 0 Å². The number of rotatable bonds is 6. The van der Waals surface area contributed by atoms with Crippen LogP contribution >= 0.6 is 0 Å². The molecule has 1 aromatic carbocycles. The Morgan fingerprint density at radius 1 is 1.24 bits per heavy atom. The van der Waals surface area contributed by atoms with E-state index in [4.69, 9.17) is 14.9 Å². The maximum Gasteiger partial charge on any atom is 0.246 e. The van der Waals surface area contributed by atoms with Gasteiger partial charge in [-0.1, -0.05) is 6.07 Å². The van der Waals surface area contributed by atoms with Crippen LogP contribution in [0.3, 0.4) is 0 Å². The number of ether oxygens (including phenoxy) is 1. The van der Waals surface area contributed by atoms with E-state index in [1.807, 2.05) is 26.8 Å². The highest BCUT2D eigenvalue weighted by atomic mass is 16.5. The number of ketones is 1. The van der Waals surface area contributed by atoms with Gasteiger partial charge in [-0.3, -0.25) is 9.59 Å². The lowest BCUT2D eigenvalue weighted by Gasteiger charge is -2.17. The van der Waals surface area contributed by atoms with E-state index in [1.54, 1.807) is 17.0 Å². The van der Waals surface area contributed by atoms with Gasteiger partial charge in [-0.2, -0.15) is 0 Å². The smallest absolute Gasteiger partial charge is 0.246 e. The first-order valence-corrected chi connectivity index (χ1v) is 8.23.